The highest BCUT2D eigenvalue weighted by Crippen LogP contribution is 2.50. The van der Waals surface area contributed by atoms with Crippen molar-refractivity contribution in [2.24, 2.45) is 0 Å². The maximum Gasteiger partial charge on any atom is 0.327 e. The van der Waals surface area contributed by atoms with Crippen molar-refractivity contribution >= 4 is 52.7 Å². The second-order valence-electron chi connectivity index (χ2n) is 9.68. The number of benzene rings is 1. The number of carboxylic acids is 1. The van der Waals surface area contributed by atoms with Crippen LogP contribution < -0.4 is 21.8 Å². The molecule has 0 saturated carbocycles. The molecule has 1 unspecified atom stereocenters. The maximum absolute atomic E-state index is 13.5. The number of thioether (sulfide) groups is 1. The summed E-state index contributed by atoms with van der Waals surface area (Å²) < 4.78 is -0.0424. The molecule has 2 aliphatic rings. The van der Waals surface area contributed by atoms with Crippen LogP contribution in [-0.2, 0) is 14.4 Å². The molecular weight excluding hydrogens is 568 g/mol. The first-order valence-corrected chi connectivity index (χ1v) is 13.0. The van der Waals surface area contributed by atoms with Gasteiger partial charge < -0.3 is 25.7 Å². The van der Waals surface area contributed by atoms with Crippen molar-refractivity contribution in [1.29, 1.82) is 0 Å². The molecule has 2 aromatic heterocycles. The number of phenolic OH excluding ortho intramolecular Hbond substituents is 1. The van der Waals surface area contributed by atoms with Crippen LogP contribution in [0.25, 0.3) is 5.65 Å². The number of hydrogen-bond donors (Lipinski definition) is 5. The predicted molar refractivity (Wildman–Crippen MR) is 141 cm³/mol. The molecule has 2 saturated heterocycles. The Bertz CT molecular complexity index is 1720. The summed E-state index contributed by atoms with van der Waals surface area (Å²) in [6, 6.07) is 2.52. The lowest BCUT2D eigenvalue weighted by Crippen LogP contribution is -2.71. The van der Waals surface area contributed by atoms with Crippen LogP contribution in [0.5, 0.6) is 5.75 Å². The van der Waals surface area contributed by atoms with E-state index in [2.05, 4.69) is 20.7 Å². The maximum atomic E-state index is 13.5. The van der Waals surface area contributed by atoms with Crippen molar-refractivity contribution < 1.29 is 29.4 Å². The molecule has 4 heterocycles. The van der Waals surface area contributed by atoms with Gasteiger partial charge in [-0.1, -0.05) is 17.7 Å². The van der Waals surface area contributed by atoms with E-state index in [0.717, 1.165) is 16.8 Å². The first-order chi connectivity index (χ1) is 18.8. The van der Waals surface area contributed by atoms with Crippen LogP contribution in [0.2, 0.25) is 5.02 Å². The van der Waals surface area contributed by atoms with Crippen molar-refractivity contribution in [3.05, 3.63) is 73.4 Å². The third-order valence-electron chi connectivity index (χ3n) is 6.65. The van der Waals surface area contributed by atoms with E-state index in [1.807, 2.05) is 0 Å². The average Bonchev–Trinajstić information content (AvgIpc) is 3.15. The van der Waals surface area contributed by atoms with Crippen molar-refractivity contribution in [2.45, 2.75) is 42.1 Å². The molecule has 1 aromatic carbocycles. The van der Waals surface area contributed by atoms with Gasteiger partial charge in [-0.2, -0.15) is 4.52 Å². The molecule has 0 radical (unpaired) electrons. The summed E-state index contributed by atoms with van der Waals surface area (Å²) in [6.45, 7) is 3.37. The van der Waals surface area contributed by atoms with Crippen LogP contribution >= 0.6 is 23.4 Å². The number of phenols is 1. The van der Waals surface area contributed by atoms with Crippen molar-refractivity contribution in [3.63, 3.8) is 0 Å². The summed E-state index contributed by atoms with van der Waals surface area (Å²) in [5.41, 5.74) is -1.82. The molecule has 3 aromatic rings. The Kier molecular flexibility index (Phi) is 6.58. The Balaban J connectivity index is 1.45. The fourth-order valence-corrected chi connectivity index (χ4v) is 6.56. The van der Waals surface area contributed by atoms with E-state index in [-0.39, 0.29) is 22.0 Å². The second-order valence-corrected chi connectivity index (χ2v) is 11.9. The van der Waals surface area contributed by atoms with Gasteiger partial charge in [0, 0.05) is 17.0 Å². The molecule has 0 bridgehead atoms. The number of aromatic nitrogens is 3. The van der Waals surface area contributed by atoms with Gasteiger partial charge in [0.2, 0.25) is 11.8 Å². The monoisotopic (exact) mass is 588 g/mol. The Morgan fingerprint density at radius 2 is 1.90 bits per heavy atom. The minimum Gasteiger partial charge on any atom is -0.506 e. The lowest BCUT2D eigenvalue weighted by molar-refractivity contribution is -0.161. The number of hydrogen-bond acceptors (Lipinski definition) is 9. The van der Waals surface area contributed by atoms with Crippen LogP contribution in [0.4, 0.5) is 0 Å². The molecule has 40 heavy (non-hydrogen) atoms. The Hall–Kier alpha value is -4.37. The molecule has 3 amide bonds. The Labute approximate surface area is 233 Å². The number of amides is 3. The van der Waals surface area contributed by atoms with Crippen molar-refractivity contribution in [1.82, 2.24) is 30.1 Å². The van der Waals surface area contributed by atoms with Gasteiger partial charge in [0.15, 0.2) is 5.65 Å². The molecule has 0 spiro atoms. The fraction of sp³-hybridized carbons (Fsp3) is 0.292. The zero-order chi connectivity index (χ0) is 29.1. The van der Waals surface area contributed by atoms with Crippen LogP contribution in [-0.4, -0.2) is 75.6 Å². The third kappa shape index (κ3) is 4.46. The highest BCUT2D eigenvalue weighted by atomic mass is 35.5. The molecule has 2 aliphatic heterocycles. The minimum absolute atomic E-state index is 0.0745. The number of halogens is 1. The summed E-state index contributed by atoms with van der Waals surface area (Å²) >= 11 is 7.25. The highest BCUT2D eigenvalue weighted by molar-refractivity contribution is 8.01. The van der Waals surface area contributed by atoms with Gasteiger partial charge in [0.25, 0.3) is 17.0 Å². The molecule has 208 valence electrons. The van der Waals surface area contributed by atoms with Crippen LogP contribution in [0.1, 0.15) is 35.8 Å². The van der Waals surface area contributed by atoms with Gasteiger partial charge >= 0.3 is 5.97 Å². The topological polar surface area (TPSA) is 203 Å². The zero-order valence-corrected chi connectivity index (χ0v) is 22.3. The largest absolute Gasteiger partial charge is 0.506 e. The van der Waals surface area contributed by atoms with Crippen LogP contribution in [0.3, 0.4) is 0 Å². The summed E-state index contributed by atoms with van der Waals surface area (Å²) in [7, 11) is 0. The number of aromatic amines is 1. The average molecular weight is 589 g/mol. The fourth-order valence-electron chi connectivity index (χ4n) is 4.74. The van der Waals surface area contributed by atoms with Crippen LogP contribution in [0.15, 0.2) is 46.1 Å². The van der Waals surface area contributed by atoms with Crippen molar-refractivity contribution in [3.8, 4) is 5.75 Å². The van der Waals surface area contributed by atoms with Gasteiger partial charge in [-0.15, -0.1) is 11.8 Å². The molecule has 2 fully saturated rings. The van der Waals surface area contributed by atoms with E-state index in [9.17, 15) is 39.0 Å². The van der Waals surface area contributed by atoms with E-state index in [1.165, 1.54) is 40.9 Å². The number of fused-ring (bicyclic) bond motifs is 2. The normalized spacial score (nSPS) is 21.8. The molecule has 0 aliphatic carbocycles. The van der Waals surface area contributed by atoms with Gasteiger partial charge in [-0.05, 0) is 37.6 Å². The Morgan fingerprint density at radius 3 is 2.58 bits per heavy atom. The zero-order valence-electron chi connectivity index (χ0n) is 20.7. The number of carboxylic acid groups (broad SMARTS) is 1. The Morgan fingerprint density at radius 1 is 1.18 bits per heavy atom. The molecular formula is C24H21ClN6O8S. The first kappa shape index (κ1) is 27.2. The molecule has 4 atom stereocenters. The van der Waals surface area contributed by atoms with E-state index in [1.54, 1.807) is 13.8 Å². The standard InChI is InChI=1S/C24H21ClN6O8S/c1-24(2)17(23(38)39)30-21(37)16(22(30)40-24)28-19(35)15(9-3-4-12(32)11(25)7-9)27-18(34)10-8-26-13-5-6-14(33)29-31(13)20(10)36/h3-8,15-17,22,32H,1-2H3,(H,27,34)(H,28,35)(H,29,33)(H,38,39)/t15?,16-,17+,22-/m1/s1. The quantitative estimate of drug-likeness (QED) is 0.241. The number of H-pyrrole nitrogens is 1. The van der Waals surface area contributed by atoms with E-state index in [0.29, 0.717) is 0 Å². The number of aromatic hydroxyl groups is 1. The molecule has 5 rings (SSSR count). The summed E-state index contributed by atoms with van der Waals surface area (Å²) in [5, 5.41) is 25.9. The predicted octanol–water partition coefficient (Wildman–Crippen LogP) is -0.155. The number of nitrogens with zero attached hydrogens (tertiary/aromatic N) is 3. The van der Waals surface area contributed by atoms with E-state index >= 15 is 0 Å². The summed E-state index contributed by atoms with van der Waals surface area (Å²) in [4.78, 5) is 81.1. The molecule has 5 N–H and O–H groups in total. The number of nitrogens with one attached hydrogen (secondary N) is 3. The second kappa shape index (κ2) is 9.67. The number of β-lactam (4-membered cyclic amide) rings is 1. The lowest BCUT2D eigenvalue weighted by atomic mass is 9.95. The minimum atomic E-state index is -1.50. The SMILES string of the molecule is CC1(C)S[C@@H]2[C@H](NC(=O)C(NC(=O)c3cnc4ccc(=O)[nH]n4c3=O)c3ccc(O)c(Cl)c3)C(=O)N2[C@H]1C(=O)O. The van der Waals surface area contributed by atoms with Crippen LogP contribution in [0, 0.1) is 0 Å². The summed E-state index contributed by atoms with van der Waals surface area (Å²) in [6.07, 6.45) is 0.987. The van der Waals surface area contributed by atoms with Gasteiger partial charge in [0.05, 0.1) is 5.02 Å². The van der Waals surface area contributed by atoms with Crippen molar-refractivity contribution in [2.75, 3.05) is 0 Å². The highest BCUT2D eigenvalue weighted by Gasteiger charge is 2.64. The third-order valence-corrected chi connectivity index (χ3v) is 8.53. The first-order valence-electron chi connectivity index (χ1n) is 11.7. The molecule has 16 heteroatoms. The van der Waals surface area contributed by atoms with E-state index < -0.39 is 68.6 Å². The number of aliphatic carboxylic acids is 1. The summed E-state index contributed by atoms with van der Waals surface area (Å²) in [5.74, 6) is -3.93. The molecule has 14 nitrogen and oxygen atoms in total. The smallest absolute Gasteiger partial charge is 0.327 e. The van der Waals surface area contributed by atoms with Gasteiger partial charge in [-0.3, -0.25) is 29.1 Å². The lowest BCUT2D eigenvalue weighted by Gasteiger charge is -2.44. The van der Waals surface area contributed by atoms with Gasteiger partial charge in [-0.25, -0.2) is 9.78 Å². The van der Waals surface area contributed by atoms with E-state index in [4.69, 9.17) is 11.6 Å². The van der Waals surface area contributed by atoms with Gasteiger partial charge in [0.1, 0.15) is 34.8 Å². The number of carbonyl (C=O) groups is 4. The number of carbonyl (C=O) groups excluding carboxylic acids is 3. The number of rotatable bonds is 6.